The van der Waals surface area contributed by atoms with E-state index in [2.05, 4.69) is 15.3 Å². The van der Waals surface area contributed by atoms with Crippen LogP contribution in [0.25, 0.3) is 11.0 Å². The number of aromatic nitrogens is 2. The molecule has 2 aromatic carbocycles. The molecular weight excluding hydrogens is 290 g/mol. The molecule has 0 fully saturated rings. The SMILES string of the molecule is COc1ccc(C(=O)Nc2ccc3nc(Cl)[nH]c3c2)cc1. The number of carbonyl (C=O) groups is 1. The van der Waals surface area contributed by atoms with Crippen LogP contribution in [0.1, 0.15) is 10.4 Å². The first-order valence-corrected chi connectivity index (χ1v) is 6.64. The van der Waals surface area contributed by atoms with Gasteiger partial charge in [-0.1, -0.05) is 0 Å². The van der Waals surface area contributed by atoms with Crippen LogP contribution in [-0.4, -0.2) is 23.0 Å². The van der Waals surface area contributed by atoms with Gasteiger partial charge in [-0.2, -0.15) is 0 Å². The van der Waals surface area contributed by atoms with Gasteiger partial charge < -0.3 is 15.0 Å². The fourth-order valence-electron chi connectivity index (χ4n) is 2.00. The fraction of sp³-hybridized carbons (Fsp3) is 0.0667. The number of hydrogen-bond donors (Lipinski definition) is 2. The number of amides is 1. The topological polar surface area (TPSA) is 67.0 Å². The highest BCUT2D eigenvalue weighted by atomic mass is 35.5. The maximum absolute atomic E-state index is 12.2. The van der Waals surface area contributed by atoms with Gasteiger partial charge in [0.2, 0.25) is 5.28 Å². The molecule has 0 saturated carbocycles. The summed E-state index contributed by atoms with van der Waals surface area (Å²) < 4.78 is 5.06. The second-order valence-corrected chi connectivity index (χ2v) is 4.80. The molecule has 6 heteroatoms. The number of aromatic amines is 1. The zero-order valence-corrected chi connectivity index (χ0v) is 11.9. The van der Waals surface area contributed by atoms with Gasteiger partial charge in [-0.3, -0.25) is 4.79 Å². The Hall–Kier alpha value is -2.53. The lowest BCUT2D eigenvalue weighted by Gasteiger charge is -2.06. The summed E-state index contributed by atoms with van der Waals surface area (Å²) in [5.41, 5.74) is 2.75. The van der Waals surface area contributed by atoms with Gasteiger partial charge in [0.15, 0.2) is 0 Å². The molecule has 0 radical (unpaired) electrons. The van der Waals surface area contributed by atoms with Crippen molar-refractivity contribution in [2.45, 2.75) is 0 Å². The van der Waals surface area contributed by atoms with Crippen molar-refractivity contribution < 1.29 is 9.53 Å². The zero-order valence-electron chi connectivity index (χ0n) is 11.2. The van der Waals surface area contributed by atoms with Crippen molar-refractivity contribution in [1.29, 1.82) is 0 Å². The number of anilines is 1. The van der Waals surface area contributed by atoms with Crippen LogP contribution >= 0.6 is 11.6 Å². The van der Waals surface area contributed by atoms with Crippen LogP contribution in [-0.2, 0) is 0 Å². The summed E-state index contributed by atoms with van der Waals surface area (Å²) in [6.07, 6.45) is 0. The average molecular weight is 302 g/mol. The summed E-state index contributed by atoms with van der Waals surface area (Å²) in [7, 11) is 1.58. The number of imidazole rings is 1. The van der Waals surface area contributed by atoms with Crippen molar-refractivity contribution in [3.8, 4) is 5.75 Å². The Kier molecular flexibility index (Phi) is 3.50. The fourth-order valence-corrected chi connectivity index (χ4v) is 2.19. The molecule has 106 valence electrons. The third-order valence-corrected chi connectivity index (χ3v) is 3.24. The Morgan fingerprint density at radius 3 is 2.71 bits per heavy atom. The van der Waals surface area contributed by atoms with E-state index in [4.69, 9.17) is 16.3 Å². The predicted octanol–water partition coefficient (Wildman–Crippen LogP) is 3.48. The minimum absolute atomic E-state index is 0.192. The Bertz CT molecular complexity index is 796. The van der Waals surface area contributed by atoms with Crippen molar-refractivity contribution >= 4 is 34.2 Å². The Balaban J connectivity index is 1.81. The van der Waals surface area contributed by atoms with Crippen molar-refractivity contribution in [3.63, 3.8) is 0 Å². The third-order valence-electron chi connectivity index (χ3n) is 3.06. The van der Waals surface area contributed by atoms with E-state index in [9.17, 15) is 4.79 Å². The molecule has 0 aliphatic heterocycles. The minimum atomic E-state index is -0.192. The van der Waals surface area contributed by atoms with Gasteiger partial charge in [-0.25, -0.2) is 4.98 Å². The first-order chi connectivity index (χ1) is 10.2. The summed E-state index contributed by atoms with van der Waals surface area (Å²) in [5, 5.41) is 3.15. The summed E-state index contributed by atoms with van der Waals surface area (Å²) in [5.74, 6) is 0.516. The van der Waals surface area contributed by atoms with Gasteiger partial charge in [0, 0.05) is 11.3 Å². The monoisotopic (exact) mass is 301 g/mol. The average Bonchev–Trinajstić information content (AvgIpc) is 2.86. The van der Waals surface area contributed by atoms with Crippen LogP contribution in [0.4, 0.5) is 5.69 Å². The summed E-state index contributed by atoms with van der Waals surface area (Å²) in [6.45, 7) is 0. The Morgan fingerprint density at radius 2 is 2.00 bits per heavy atom. The molecule has 1 aromatic heterocycles. The second-order valence-electron chi connectivity index (χ2n) is 4.44. The number of halogens is 1. The maximum atomic E-state index is 12.2. The van der Waals surface area contributed by atoms with E-state index in [1.807, 2.05) is 0 Å². The van der Waals surface area contributed by atoms with Gasteiger partial charge in [0.05, 0.1) is 18.1 Å². The van der Waals surface area contributed by atoms with E-state index in [1.165, 1.54) is 0 Å². The number of ether oxygens (including phenoxy) is 1. The van der Waals surface area contributed by atoms with Gasteiger partial charge in [0.1, 0.15) is 5.75 Å². The summed E-state index contributed by atoms with van der Waals surface area (Å²) in [4.78, 5) is 19.2. The molecule has 2 N–H and O–H groups in total. The molecule has 0 aliphatic carbocycles. The molecule has 0 unspecified atom stereocenters. The molecule has 0 aliphatic rings. The zero-order chi connectivity index (χ0) is 14.8. The van der Waals surface area contributed by atoms with E-state index in [1.54, 1.807) is 49.6 Å². The van der Waals surface area contributed by atoms with E-state index >= 15 is 0 Å². The Morgan fingerprint density at radius 1 is 1.24 bits per heavy atom. The molecule has 0 spiro atoms. The molecule has 1 heterocycles. The molecule has 5 nitrogen and oxygen atoms in total. The number of fused-ring (bicyclic) bond motifs is 1. The van der Waals surface area contributed by atoms with E-state index in [-0.39, 0.29) is 5.91 Å². The number of nitrogens with zero attached hydrogens (tertiary/aromatic N) is 1. The van der Waals surface area contributed by atoms with E-state index in [0.717, 1.165) is 11.0 Å². The molecule has 0 bridgehead atoms. The van der Waals surface area contributed by atoms with Gasteiger partial charge in [-0.15, -0.1) is 0 Å². The molecular formula is C15H12ClN3O2. The van der Waals surface area contributed by atoms with Crippen LogP contribution < -0.4 is 10.1 Å². The van der Waals surface area contributed by atoms with Crippen LogP contribution in [0.15, 0.2) is 42.5 Å². The quantitative estimate of drug-likeness (QED) is 0.778. The van der Waals surface area contributed by atoms with Crippen molar-refractivity contribution in [1.82, 2.24) is 9.97 Å². The van der Waals surface area contributed by atoms with E-state index in [0.29, 0.717) is 22.3 Å². The summed E-state index contributed by atoms with van der Waals surface area (Å²) in [6, 6.07) is 12.3. The van der Waals surface area contributed by atoms with Gasteiger partial charge in [0.25, 0.3) is 5.91 Å². The van der Waals surface area contributed by atoms with Crippen molar-refractivity contribution in [2.75, 3.05) is 12.4 Å². The smallest absolute Gasteiger partial charge is 0.255 e. The number of rotatable bonds is 3. The molecule has 1 amide bonds. The molecule has 0 atom stereocenters. The lowest BCUT2D eigenvalue weighted by atomic mass is 10.2. The van der Waals surface area contributed by atoms with Crippen LogP contribution in [0.2, 0.25) is 5.28 Å². The number of methoxy groups -OCH3 is 1. The Labute approximate surface area is 125 Å². The first kappa shape index (κ1) is 13.5. The normalized spacial score (nSPS) is 10.6. The highest BCUT2D eigenvalue weighted by molar-refractivity contribution is 6.29. The minimum Gasteiger partial charge on any atom is -0.497 e. The van der Waals surface area contributed by atoms with Crippen molar-refractivity contribution in [3.05, 3.63) is 53.3 Å². The summed E-state index contributed by atoms with van der Waals surface area (Å²) >= 11 is 5.80. The lowest BCUT2D eigenvalue weighted by molar-refractivity contribution is 0.102. The number of carbonyl (C=O) groups excluding carboxylic acids is 1. The number of H-pyrrole nitrogens is 1. The van der Waals surface area contributed by atoms with Gasteiger partial charge >= 0.3 is 0 Å². The maximum Gasteiger partial charge on any atom is 0.255 e. The highest BCUT2D eigenvalue weighted by Crippen LogP contribution is 2.20. The largest absolute Gasteiger partial charge is 0.497 e. The molecule has 3 rings (SSSR count). The highest BCUT2D eigenvalue weighted by Gasteiger charge is 2.08. The molecule has 21 heavy (non-hydrogen) atoms. The molecule has 3 aromatic rings. The van der Waals surface area contributed by atoms with Crippen LogP contribution in [0.3, 0.4) is 0 Å². The van der Waals surface area contributed by atoms with Gasteiger partial charge in [-0.05, 0) is 54.1 Å². The van der Waals surface area contributed by atoms with Crippen LogP contribution in [0, 0.1) is 0 Å². The number of benzene rings is 2. The second kappa shape index (κ2) is 5.46. The van der Waals surface area contributed by atoms with E-state index < -0.39 is 0 Å². The predicted molar refractivity (Wildman–Crippen MR) is 82.1 cm³/mol. The van der Waals surface area contributed by atoms with Crippen LogP contribution in [0.5, 0.6) is 5.75 Å². The van der Waals surface area contributed by atoms with Crippen molar-refractivity contribution in [2.24, 2.45) is 0 Å². The number of nitrogens with one attached hydrogen (secondary N) is 2. The first-order valence-electron chi connectivity index (χ1n) is 6.26. The number of hydrogen-bond acceptors (Lipinski definition) is 3. The standard InChI is InChI=1S/C15H12ClN3O2/c1-21-11-5-2-9(3-6-11)14(20)17-10-4-7-12-13(8-10)19-15(16)18-12/h2-8H,1H3,(H,17,20)(H,18,19). The third kappa shape index (κ3) is 2.83. The lowest BCUT2D eigenvalue weighted by Crippen LogP contribution is -2.11. The molecule has 0 saturated heterocycles.